The lowest BCUT2D eigenvalue weighted by atomic mass is 9.97. The van der Waals surface area contributed by atoms with E-state index in [1.807, 2.05) is 42.5 Å². The highest BCUT2D eigenvalue weighted by atomic mass is 79.9. The number of carbonyl (C=O) groups excluding carboxylic acids is 1. The topological polar surface area (TPSA) is 26.3 Å². The molecule has 0 aromatic heterocycles. The summed E-state index contributed by atoms with van der Waals surface area (Å²) in [6.45, 7) is 4.12. The Kier molecular flexibility index (Phi) is 3.17. The molecule has 0 aliphatic carbocycles. The van der Waals surface area contributed by atoms with Gasteiger partial charge in [-0.1, -0.05) is 28.1 Å². The molecule has 20 heavy (non-hydrogen) atoms. The summed E-state index contributed by atoms with van der Waals surface area (Å²) >= 11 is 3.43. The van der Waals surface area contributed by atoms with E-state index in [1.165, 1.54) is 0 Å². The first-order valence-corrected chi connectivity index (χ1v) is 7.37. The molecule has 2 nitrogen and oxygen atoms in total. The van der Waals surface area contributed by atoms with E-state index in [9.17, 15) is 4.79 Å². The van der Waals surface area contributed by atoms with E-state index in [4.69, 9.17) is 4.74 Å². The van der Waals surface area contributed by atoms with Gasteiger partial charge in [0, 0.05) is 22.0 Å². The minimum atomic E-state index is -0.183. The Morgan fingerprint density at radius 3 is 2.70 bits per heavy atom. The van der Waals surface area contributed by atoms with Gasteiger partial charge in [0.1, 0.15) is 11.4 Å². The van der Waals surface area contributed by atoms with Gasteiger partial charge >= 0.3 is 0 Å². The van der Waals surface area contributed by atoms with E-state index < -0.39 is 0 Å². The van der Waals surface area contributed by atoms with Gasteiger partial charge in [-0.15, -0.1) is 0 Å². The van der Waals surface area contributed by atoms with Gasteiger partial charge in [-0.3, -0.25) is 4.79 Å². The highest BCUT2D eigenvalue weighted by Crippen LogP contribution is 2.35. The molecule has 1 aliphatic heterocycles. The van der Waals surface area contributed by atoms with Gasteiger partial charge in [0.2, 0.25) is 0 Å². The maximum absolute atomic E-state index is 12.6. The van der Waals surface area contributed by atoms with Crippen molar-refractivity contribution >= 4 is 21.7 Å². The number of halogens is 1. The first-order chi connectivity index (χ1) is 9.46. The predicted octanol–water partition coefficient (Wildman–Crippen LogP) is 4.39. The number of ketones is 1. The summed E-state index contributed by atoms with van der Waals surface area (Å²) in [6.07, 6.45) is 0.833. The molecule has 102 valence electrons. The molecule has 0 unspecified atom stereocenters. The molecule has 1 aliphatic rings. The third-order valence-corrected chi connectivity index (χ3v) is 4.14. The lowest BCUT2D eigenvalue weighted by molar-refractivity contribution is 0.103. The number of fused-ring (bicyclic) bond motifs is 1. The van der Waals surface area contributed by atoms with Crippen LogP contribution in [0.25, 0.3) is 0 Å². The zero-order chi connectivity index (χ0) is 14.3. The molecule has 2 aromatic rings. The van der Waals surface area contributed by atoms with E-state index in [-0.39, 0.29) is 11.4 Å². The second-order valence-electron chi connectivity index (χ2n) is 5.67. The predicted molar refractivity (Wildman–Crippen MR) is 82.4 cm³/mol. The summed E-state index contributed by atoms with van der Waals surface area (Å²) in [5.74, 6) is 0.920. The van der Waals surface area contributed by atoms with Crippen LogP contribution in [0, 0.1) is 0 Å². The monoisotopic (exact) mass is 330 g/mol. The molecule has 0 amide bonds. The maximum atomic E-state index is 12.6. The molecular formula is C17H15BrO2. The van der Waals surface area contributed by atoms with Crippen LogP contribution >= 0.6 is 15.9 Å². The number of rotatable bonds is 2. The number of ether oxygens (including phenoxy) is 1. The van der Waals surface area contributed by atoms with Crippen LogP contribution in [0.2, 0.25) is 0 Å². The van der Waals surface area contributed by atoms with E-state index in [2.05, 4.69) is 29.8 Å². The highest BCUT2D eigenvalue weighted by Gasteiger charge is 2.30. The quantitative estimate of drug-likeness (QED) is 0.763. The first kappa shape index (κ1) is 13.4. The van der Waals surface area contributed by atoms with Gasteiger partial charge < -0.3 is 4.74 Å². The van der Waals surface area contributed by atoms with Crippen LogP contribution in [0.4, 0.5) is 0 Å². The summed E-state index contributed by atoms with van der Waals surface area (Å²) < 4.78 is 6.66. The largest absolute Gasteiger partial charge is 0.487 e. The van der Waals surface area contributed by atoms with Crippen LogP contribution in [0.1, 0.15) is 35.3 Å². The second-order valence-corrected chi connectivity index (χ2v) is 6.52. The summed E-state index contributed by atoms with van der Waals surface area (Å²) in [5, 5.41) is 0. The molecule has 0 N–H and O–H groups in total. The fourth-order valence-corrected chi connectivity index (χ4v) is 3.02. The molecule has 0 fully saturated rings. The van der Waals surface area contributed by atoms with E-state index in [0.29, 0.717) is 11.1 Å². The molecule has 0 saturated heterocycles. The summed E-state index contributed by atoms with van der Waals surface area (Å²) in [6, 6.07) is 13.2. The Balaban J connectivity index is 1.98. The average molecular weight is 331 g/mol. The van der Waals surface area contributed by atoms with Gasteiger partial charge in [0.15, 0.2) is 5.78 Å². The molecule has 0 spiro atoms. The van der Waals surface area contributed by atoms with Crippen molar-refractivity contribution in [1.82, 2.24) is 0 Å². The normalized spacial score (nSPS) is 15.6. The van der Waals surface area contributed by atoms with Crippen molar-refractivity contribution in [3.8, 4) is 5.75 Å². The Morgan fingerprint density at radius 1 is 1.20 bits per heavy atom. The SMILES string of the molecule is CC1(C)Cc2cc(C(=O)c3ccccc3Br)ccc2O1. The molecule has 0 saturated carbocycles. The third-order valence-electron chi connectivity index (χ3n) is 3.44. The van der Waals surface area contributed by atoms with Gasteiger partial charge in [-0.05, 0) is 49.7 Å². The molecule has 3 rings (SSSR count). The van der Waals surface area contributed by atoms with Crippen LogP contribution in [0.15, 0.2) is 46.9 Å². The van der Waals surface area contributed by atoms with E-state index in [0.717, 1.165) is 22.2 Å². The van der Waals surface area contributed by atoms with Crippen molar-refractivity contribution in [3.63, 3.8) is 0 Å². The van der Waals surface area contributed by atoms with Crippen LogP contribution in [-0.2, 0) is 6.42 Å². The molecule has 1 heterocycles. The average Bonchev–Trinajstić information content (AvgIpc) is 2.71. The van der Waals surface area contributed by atoms with Gasteiger partial charge in [-0.25, -0.2) is 0 Å². The number of carbonyl (C=O) groups is 1. The third kappa shape index (κ3) is 2.38. The van der Waals surface area contributed by atoms with Crippen LogP contribution in [0.5, 0.6) is 5.75 Å². The standard InChI is InChI=1S/C17H15BrO2/c1-17(2)10-12-9-11(7-8-15(12)20-17)16(19)13-5-3-4-6-14(13)18/h3-9H,10H2,1-2H3. The second kappa shape index (κ2) is 4.74. The Labute approximate surface area is 126 Å². The summed E-state index contributed by atoms with van der Waals surface area (Å²) in [7, 11) is 0. The Morgan fingerprint density at radius 2 is 1.95 bits per heavy atom. The lowest BCUT2D eigenvalue weighted by Gasteiger charge is -2.16. The maximum Gasteiger partial charge on any atom is 0.194 e. The Hall–Kier alpha value is -1.61. The number of hydrogen-bond acceptors (Lipinski definition) is 2. The highest BCUT2D eigenvalue weighted by molar-refractivity contribution is 9.10. The summed E-state index contributed by atoms with van der Waals surface area (Å²) in [4.78, 5) is 12.6. The fourth-order valence-electron chi connectivity index (χ4n) is 2.55. The van der Waals surface area contributed by atoms with E-state index in [1.54, 1.807) is 0 Å². The zero-order valence-corrected chi connectivity index (χ0v) is 13.0. The molecule has 0 bridgehead atoms. The molecule has 0 atom stereocenters. The van der Waals surface area contributed by atoms with Crippen LogP contribution in [-0.4, -0.2) is 11.4 Å². The smallest absolute Gasteiger partial charge is 0.194 e. The van der Waals surface area contributed by atoms with E-state index >= 15 is 0 Å². The minimum absolute atomic E-state index is 0.0324. The van der Waals surface area contributed by atoms with Crippen molar-refractivity contribution in [2.24, 2.45) is 0 Å². The van der Waals surface area contributed by atoms with Crippen LogP contribution in [0.3, 0.4) is 0 Å². The van der Waals surface area contributed by atoms with Crippen molar-refractivity contribution in [1.29, 1.82) is 0 Å². The number of benzene rings is 2. The van der Waals surface area contributed by atoms with Crippen molar-refractivity contribution < 1.29 is 9.53 Å². The first-order valence-electron chi connectivity index (χ1n) is 6.57. The van der Waals surface area contributed by atoms with Crippen molar-refractivity contribution in [3.05, 3.63) is 63.6 Å². The van der Waals surface area contributed by atoms with Crippen molar-refractivity contribution in [2.45, 2.75) is 25.9 Å². The molecule has 2 aromatic carbocycles. The van der Waals surface area contributed by atoms with Gasteiger partial charge in [0.05, 0.1) is 0 Å². The molecular weight excluding hydrogens is 316 g/mol. The Bertz CT molecular complexity index is 689. The fraction of sp³-hybridized carbons (Fsp3) is 0.235. The molecule has 0 radical (unpaired) electrons. The zero-order valence-electron chi connectivity index (χ0n) is 11.4. The molecule has 3 heteroatoms. The van der Waals surface area contributed by atoms with Gasteiger partial charge in [0.25, 0.3) is 0 Å². The van der Waals surface area contributed by atoms with Gasteiger partial charge in [-0.2, -0.15) is 0 Å². The summed E-state index contributed by atoms with van der Waals surface area (Å²) in [5.41, 5.74) is 2.31. The minimum Gasteiger partial charge on any atom is -0.487 e. The lowest BCUT2D eigenvalue weighted by Crippen LogP contribution is -2.24. The number of hydrogen-bond donors (Lipinski definition) is 0. The van der Waals surface area contributed by atoms with Crippen molar-refractivity contribution in [2.75, 3.05) is 0 Å². The van der Waals surface area contributed by atoms with Crippen LogP contribution < -0.4 is 4.74 Å².